The van der Waals surface area contributed by atoms with E-state index in [2.05, 4.69) is 20.8 Å². The Morgan fingerprint density at radius 2 is 1.90 bits per heavy atom. The van der Waals surface area contributed by atoms with Crippen LogP contribution in [0.4, 0.5) is 0 Å². The number of aliphatic hydroxyl groups excluding tert-OH is 1. The van der Waals surface area contributed by atoms with Gasteiger partial charge in [0.05, 0.1) is 6.10 Å². The van der Waals surface area contributed by atoms with E-state index in [1.54, 1.807) is 0 Å². The van der Waals surface area contributed by atoms with Crippen molar-refractivity contribution in [3.05, 3.63) is 35.9 Å². The molecule has 0 saturated heterocycles. The van der Waals surface area contributed by atoms with Crippen molar-refractivity contribution in [2.75, 3.05) is 0 Å². The van der Waals surface area contributed by atoms with E-state index in [0.717, 1.165) is 18.4 Å². The zero-order valence-corrected chi connectivity index (χ0v) is 12.8. The van der Waals surface area contributed by atoms with Crippen LogP contribution < -0.4 is 0 Å². The topological polar surface area (TPSA) is 37.3 Å². The van der Waals surface area contributed by atoms with Crippen LogP contribution in [0.1, 0.15) is 58.1 Å². The molecule has 1 aromatic rings. The van der Waals surface area contributed by atoms with Gasteiger partial charge >= 0.3 is 0 Å². The number of hydrogen-bond acceptors (Lipinski definition) is 2. The Bertz CT molecular complexity index is 444. The smallest absolute Gasteiger partial charge is 0.136 e. The highest BCUT2D eigenvalue weighted by atomic mass is 16.3. The lowest BCUT2D eigenvalue weighted by Gasteiger charge is -2.37. The first-order chi connectivity index (χ1) is 9.38. The molecule has 0 heterocycles. The molecule has 20 heavy (non-hydrogen) atoms. The number of rotatable bonds is 3. The van der Waals surface area contributed by atoms with Gasteiger partial charge in [0.25, 0.3) is 0 Å². The summed E-state index contributed by atoms with van der Waals surface area (Å²) in [4.78, 5) is 12.1. The molecule has 0 aromatic heterocycles. The van der Waals surface area contributed by atoms with Gasteiger partial charge in [0, 0.05) is 12.3 Å². The third-order valence-electron chi connectivity index (χ3n) is 4.68. The van der Waals surface area contributed by atoms with E-state index in [1.807, 2.05) is 30.3 Å². The lowest BCUT2D eigenvalue weighted by Crippen LogP contribution is -2.32. The van der Waals surface area contributed by atoms with E-state index < -0.39 is 6.10 Å². The molecule has 2 rings (SSSR count). The highest BCUT2D eigenvalue weighted by molar-refractivity contribution is 5.81. The SMILES string of the molecule is CC(C)(C)C1CCC(=O)C(CC(O)c2ccccc2)C1. The standard InChI is InChI=1S/C18H26O2/c1-18(2,3)15-9-10-16(19)14(11-15)12-17(20)13-7-5-4-6-8-13/h4-8,14-15,17,20H,9-12H2,1-3H3. The van der Waals surface area contributed by atoms with Gasteiger partial charge in [-0.1, -0.05) is 51.1 Å². The van der Waals surface area contributed by atoms with Crippen LogP contribution in [0.15, 0.2) is 30.3 Å². The lowest BCUT2D eigenvalue weighted by molar-refractivity contribution is -0.127. The second kappa shape index (κ2) is 6.09. The maximum Gasteiger partial charge on any atom is 0.136 e. The van der Waals surface area contributed by atoms with Crippen LogP contribution >= 0.6 is 0 Å². The average molecular weight is 274 g/mol. The number of carbonyl (C=O) groups excluding carboxylic acids is 1. The summed E-state index contributed by atoms with van der Waals surface area (Å²) in [5.41, 5.74) is 1.16. The van der Waals surface area contributed by atoms with Crippen LogP contribution in [0.3, 0.4) is 0 Å². The van der Waals surface area contributed by atoms with Crippen LogP contribution in [0.5, 0.6) is 0 Å². The number of carbonyl (C=O) groups is 1. The Labute approximate surface area is 122 Å². The molecular weight excluding hydrogens is 248 g/mol. The largest absolute Gasteiger partial charge is 0.388 e. The zero-order chi connectivity index (χ0) is 14.8. The molecule has 1 fully saturated rings. The second-order valence-corrected chi connectivity index (χ2v) is 7.16. The number of benzene rings is 1. The Kier molecular flexibility index (Phi) is 4.64. The zero-order valence-electron chi connectivity index (χ0n) is 12.8. The normalized spacial score (nSPS) is 25.5. The molecule has 1 aliphatic carbocycles. The van der Waals surface area contributed by atoms with E-state index in [0.29, 0.717) is 24.5 Å². The molecule has 1 aromatic carbocycles. The van der Waals surface area contributed by atoms with Gasteiger partial charge in [-0.2, -0.15) is 0 Å². The van der Waals surface area contributed by atoms with Crippen molar-refractivity contribution in [1.82, 2.24) is 0 Å². The Balaban J connectivity index is 2.02. The highest BCUT2D eigenvalue weighted by Crippen LogP contribution is 2.41. The van der Waals surface area contributed by atoms with Crippen LogP contribution in [0.25, 0.3) is 0 Å². The highest BCUT2D eigenvalue weighted by Gasteiger charge is 2.35. The molecule has 3 unspecified atom stereocenters. The maximum absolute atomic E-state index is 12.1. The fourth-order valence-corrected chi connectivity index (χ4v) is 3.21. The predicted octanol–water partition coefficient (Wildman–Crippen LogP) is 4.14. The van der Waals surface area contributed by atoms with E-state index in [4.69, 9.17) is 0 Å². The summed E-state index contributed by atoms with van der Waals surface area (Å²) in [7, 11) is 0. The Hall–Kier alpha value is -1.15. The maximum atomic E-state index is 12.1. The molecular formula is C18H26O2. The van der Waals surface area contributed by atoms with Gasteiger partial charge in [-0.15, -0.1) is 0 Å². The summed E-state index contributed by atoms with van der Waals surface area (Å²) in [5.74, 6) is 0.928. The minimum atomic E-state index is -0.524. The molecule has 0 spiro atoms. The Morgan fingerprint density at radius 1 is 1.25 bits per heavy atom. The molecule has 0 radical (unpaired) electrons. The monoisotopic (exact) mass is 274 g/mol. The molecule has 0 bridgehead atoms. The molecule has 1 saturated carbocycles. The van der Waals surface area contributed by atoms with E-state index in [1.165, 1.54) is 0 Å². The summed E-state index contributed by atoms with van der Waals surface area (Å²) in [6.07, 6.45) is 2.64. The van der Waals surface area contributed by atoms with Crippen molar-refractivity contribution in [2.24, 2.45) is 17.3 Å². The number of ketones is 1. The molecule has 1 N–H and O–H groups in total. The number of Topliss-reactive ketones (excluding diaryl/α,β-unsaturated/α-hetero) is 1. The van der Waals surface area contributed by atoms with E-state index in [9.17, 15) is 9.90 Å². The minimum absolute atomic E-state index is 0.0168. The van der Waals surface area contributed by atoms with Crippen LogP contribution in [0.2, 0.25) is 0 Å². The predicted molar refractivity (Wildman–Crippen MR) is 81.3 cm³/mol. The van der Waals surface area contributed by atoms with E-state index >= 15 is 0 Å². The third-order valence-corrected chi connectivity index (χ3v) is 4.68. The van der Waals surface area contributed by atoms with Gasteiger partial charge < -0.3 is 5.11 Å². The summed E-state index contributed by atoms with van der Waals surface area (Å²) < 4.78 is 0. The average Bonchev–Trinajstić information content (AvgIpc) is 2.41. The van der Waals surface area contributed by atoms with Crippen molar-refractivity contribution in [3.8, 4) is 0 Å². The van der Waals surface area contributed by atoms with Crippen LogP contribution in [0, 0.1) is 17.3 Å². The van der Waals surface area contributed by atoms with Gasteiger partial charge in [-0.25, -0.2) is 0 Å². The Morgan fingerprint density at radius 3 is 2.50 bits per heavy atom. The minimum Gasteiger partial charge on any atom is -0.388 e. The number of hydrogen-bond donors (Lipinski definition) is 1. The first-order valence-corrected chi connectivity index (χ1v) is 7.63. The van der Waals surface area contributed by atoms with Crippen molar-refractivity contribution >= 4 is 5.78 Å². The molecule has 0 amide bonds. The van der Waals surface area contributed by atoms with Crippen molar-refractivity contribution in [1.29, 1.82) is 0 Å². The second-order valence-electron chi connectivity index (χ2n) is 7.16. The fourth-order valence-electron chi connectivity index (χ4n) is 3.21. The van der Waals surface area contributed by atoms with Crippen LogP contribution in [-0.2, 0) is 4.79 Å². The summed E-state index contributed by atoms with van der Waals surface area (Å²) in [5, 5.41) is 10.3. The van der Waals surface area contributed by atoms with Gasteiger partial charge in [0.1, 0.15) is 5.78 Å². The summed E-state index contributed by atoms with van der Waals surface area (Å²) >= 11 is 0. The quantitative estimate of drug-likeness (QED) is 0.899. The van der Waals surface area contributed by atoms with Crippen molar-refractivity contribution < 1.29 is 9.90 Å². The number of aliphatic hydroxyl groups is 1. The molecule has 1 aliphatic rings. The fraction of sp³-hybridized carbons (Fsp3) is 0.611. The van der Waals surface area contributed by atoms with Crippen molar-refractivity contribution in [2.45, 2.75) is 52.6 Å². The van der Waals surface area contributed by atoms with Crippen molar-refractivity contribution in [3.63, 3.8) is 0 Å². The molecule has 2 heteroatoms. The summed E-state index contributed by atoms with van der Waals surface area (Å²) in [6.45, 7) is 6.74. The van der Waals surface area contributed by atoms with Crippen LogP contribution in [-0.4, -0.2) is 10.9 Å². The first-order valence-electron chi connectivity index (χ1n) is 7.63. The summed E-state index contributed by atoms with van der Waals surface area (Å²) in [6, 6.07) is 9.66. The van der Waals surface area contributed by atoms with Gasteiger partial charge in [0.2, 0.25) is 0 Å². The molecule has 2 nitrogen and oxygen atoms in total. The van der Waals surface area contributed by atoms with Gasteiger partial charge in [-0.3, -0.25) is 4.79 Å². The van der Waals surface area contributed by atoms with Gasteiger partial charge in [-0.05, 0) is 36.2 Å². The molecule has 0 aliphatic heterocycles. The molecule has 3 atom stereocenters. The first kappa shape index (κ1) is 15.2. The van der Waals surface area contributed by atoms with E-state index in [-0.39, 0.29) is 11.3 Å². The van der Waals surface area contributed by atoms with Gasteiger partial charge in [0.15, 0.2) is 0 Å². The molecule has 110 valence electrons. The third kappa shape index (κ3) is 3.69. The lowest BCUT2D eigenvalue weighted by atomic mass is 9.67.